The van der Waals surface area contributed by atoms with Crippen LogP contribution in [-0.4, -0.2) is 28.2 Å². The van der Waals surface area contributed by atoms with Crippen LogP contribution in [0.15, 0.2) is 36.7 Å². The standard InChI is InChI=1S/C13H13N3O3/c1-19-12-6-11(15-8-16-12)14-7-9-3-2-4-10(5-9)13(17)18/h2-6,8H,7H2,1H3,(H,17,18)(H,14,15,16). The van der Waals surface area contributed by atoms with Crippen LogP contribution in [0.5, 0.6) is 5.88 Å². The smallest absolute Gasteiger partial charge is 0.335 e. The van der Waals surface area contributed by atoms with Gasteiger partial charge in [0.15, 0.2) is 0 Å². The summed E-state index contributed by atoms with van der Waals surface area (Å²) >= 11 is 0. The predicted octanol–water partition coefficient (Wildman–Crippen LogP) is 1.80. The molecule has 1 aromatic carbocycles. The number of aromatic carboxylic acids is 1. The molecular formula is C13H13N3O3. The highest BCUT2D eigenvalue weighted by Gasteiger charge is 2.03. The first-order valence-electron chi connectivity index (χ1n) is 5.61. The summed E-state index contributed by atoms with van der Waals surface area (Å²) in [4.78, 5) is 18.8. The van der Waals surface area contributed by atoms with E-state index in [1.807, 2.05) is 6.07 Å². The van der Waals surface area contributed by atoms with Crippen molar-refractivity contribution in [2.24, 2.45) is 0 Å². The Labute approximate surface area is 110 Å². The number of nitrogens with one attached hydrogen (secondary N) is 1. The molecule has 0 atom stereocenters. The maximum Gasteiger partial charge on any atom is 0.335 e. The van der Waals surface area contributed by atoms with E-state index in [0.717, 1.165) is 5.56 Å². The van der Waals surface area contributed by atoms with E-state index in [-0.39, 0.29) is 5.56 Å². The third-order valence-corrected chi connectivity index (χ3v) is 2.50. The number of anilines is 1. The number of rotatable bonds is 5. The lowest BCUT2D eigenvalue weighted by atomic mass is 10.1. The number of carboxylic acid groups (broad SMARTS) is 1. The SMILES string of the molecule is COc1cc(NCc2cccc(C(=O)O)c2)ncn1. The molecular weight excluding hydrogens is 246 g/mol. The zero-order chi connectivity index (χ0) is 13.7. The molecule has 0 amide bonds. The fraction of sp³-hybridized carbons (Fsp3) is 0.154. The second-order valence-electron chi connectivity index (χ2n) is 3.80. The molecule has 0 saturated heterocycles. The number of ether oxygens (including phenoxy) is 1. The van der Waals surface area contributed by atoms with Gasteiger partial charge in [0.25, 0.3) is 0 Å². The summed E-state index contributed by atoms with van der Waals surface area (Å²) in [6.45, 7) is 0.473. The topological polar surface area (TPSA) is 84.3 Å². The van der Waals surface area contributed by atoms with Gasteiger partial charge in [0.1, 0.15) is 12.1 Å². The summed E-state index contributed by atoms with van der Waals surface area (Å²) in [7, 11) is 1.53. The van der Waals surface area contributed by atoms with Crippen LogP contribution in [0.1, 0.15) is 15.9 Å². The molecule has 2 rings (SSSR count). The lowest BCUT2D eigenvalue weighted by molar-refractivity contribution is 0.0697. The molecule has 1 aromatic heterocycles. The number of hydrogen-bond donors (Lipinski definition) is 2. The molecule has 0 fully saturated rings. The Bertz CT molecular complexity index is 587. The van der Waals surface area contributed by atoms with Crippen LogP contribution in [0.25, 0.3) is 0 Å². The summed E-state index contributed by atoms with van der Waals surface area (Å²) in [6, 6.07) is 8.40. The van der Waals surface area contributed by atoms with Gasteiger partial charge in [-0.3, -0.25) is 0 Å². The largest absolute Gasteiger partial charge is 0.481 e. The fourth-order valence-electron chi connectivity index (χ4n) is 1.55. The van der Waals surface area contributed by atoms with E-state index < -0.39 is 5.97 Å². The van der Waals surface area contributed by atoms with Gasteiger partial charge in [0.05, 0.1) is 12.7 Å². The van der Waals surface area contributed by atoms with Crippen molar-refractivity contribution in [3.63, 3.8) is 0 Å². The van der Waals surface area contributed by atoms with Gasteiger partial charge in [-0.1, -0.05) is 12.1 Å². The summed E-state index contributed by atoms with van der Waals surface area (Å²) in [5.74, 6) is 0.148. The monoisotopic (exact) mass is 259 g/mol. The summed E-state index contributed by atoms with van der Waals surface area (Å²) in [5, 5.41) is 12.0. The van der Waals surface area contributed by atoms with Gasteiger partial charge in [-0.2, -0.15) is 0 Å². The highest BCUT2D eigenvalue weighted by molar-refractivity contribution is 5.87. The molecule has 2 aromatic rings. The fourth-order valence-corrected chi connectivity index (χ4v) is 1.55. The quantitative estimate of drug-likeness (QED) is 0.851. The van der Waals surface area contributed by atoms with E-state index in [0.29, 0.717) is 18.2 Å². The number of nitrogens with zero attached hydrogens (tertiary/aromatic N) is 2. The summed E-state index contributed by atoms with van der Waals surface area (Å²) in [6.07, 6.45) is 1.40. The molecule has 0 aliphatic heterocycles. The average molecular weight is 259 g/mol. The van der Waals surface area contributed by atoms with Crippen molar-refractivity contribution in [3.05, 3.63) is 47.8 Å². The molecule has 6 heteroatoms. The summed E-state index contributed by atoms with van der Waals surface area (Å²) < 4.78 is 4.99. The zero-order valence-corrected chi connectivity index (χ0v) is 10.3. The zero-order valence-electron chi connectivity index (χ0n) is 10.3. The lowest BCUT2D eigenvalue weighted by Gasteiger charge is -2.07. The van der Waals surface area contributed by atoms with E-state index in [1.165, 1.54) is 13.4 Å². The number of aromatic nitrogens is 2. The van der Waals surface area contributed by atoms with Gasteiger partial charge >= 0.3 is 5.97 Å². The van der Waals surface area contributed by atoms with Gasteiger partial charge in [-0.15, -0.1) is 0 Å². The molecule has 0 spiro atoms. The molecule has 0 bridgehead atoms. The Morgan fingerprint density at radius 2 is 2.21 bits per heavy atom. The normalized spacial score (nSPS) is 9.95. The van der Waals surface area contributed by atoms with Crippen LogP contribution in [0.4, 0.5) is 5.82 Å². The molecule has 6 nitrogen and oxygen atoms in total. The molecule has 1 heterocycles. The Kier molecular flexibility index (Phi) is 3.92. The molecule has 0 radical (unpaired) electrons. The van der Waals surface area contributed by atoms with E-state index >= 15 is 0 Å². The second-order valence-corrected chi connectivity index (χ2v) is 3.80. The maximum absolute atomic E-state index is 10.9. The molecule has 0 saturated carbocycles. The molecule has 19 heavy (non-hydrogen) atoms. The molecule has 98 valence electrons. The number of carboxylic acids is 1. The van der Waals surface area contributed by atoms with Gasteiger partial charge in [0.2, 0.25) is 5.88 Å². The predicted molar refractivity (Wildman–Crippen MR) is 69.3 cm³/mol. The minimum absolute atomic E-state index is 0.263. The first-order valence-corrected chi connectivity index (χ1v) is 5.61. The van der Waals surface area contributed by atoms with Crippen molar-refractivity contribution in [2.45, 2.75) is 6.54 Å². The minimum Gasteiger partial charge on any atom is -0.481 e. The van der Waals surface area contributed by atoms with Crippen molar-refractivity contribution >= 4 is 11.8 Å². The Hall–Kier alpha value is -2.63. The number of hydrogen-bond acceptors (Lipinski definition) is 5. The van der Waals surface area contributed by atoms with Crippen LogP contribution >= 0.6 is 0 Å². The van der Waals surface area contributed by atoms with Crippen LogP contribution in [0.2, 0.25) is 0 Å². The van der Waals surface area contributed by atoms with Crippen LogP contribution in [-0.2, 0) is 6.54 Å². The van der Waals surface area contributed by atoms with Crippen molar-refractivity contribution in [1.82, 2.24) is 9.97 Å². The number of carbonyl (C=O) groups is 1. The van der Waals surface area contributed by atoms with Gasteiger partial charge in [0, 0.05) is 12.6 Å². The molecule has 0 aliphatic rings. The Morgan fingerprint density at radius 1 is 1.37 bits per heavy atom. The molecule has 0 unspecified atom stereocenters. The Morgan fingerprint density at radius 3 is 2.95 bits per heavy atom. The maximum atomic E-state index is 10.9. The number of benzene rings is 1. The highest BCUT2D eigenvalue weighted by Crippen LogP contribution is 2.12. The van der Waals surface area contributed by atoms with Gasteiger partial charge in [-0.05, 0) is 17.7 Å². The van der Waals surface area contributed by atoms with Crippen molar-refractivity contribution in [3.8, 4) is 5.88 Å². The molecule has 2 N–H and O–H groups in total. The molecule has 0 aliphatic carbocycles. The van der Waals surface area contributed by atoms with Crippen LogP contribution in [0.3, 0.4) is 0 Å². The van der Waals surface area contributed by atoms with E-state index in [4.69, 9.17) is 9.84 Å². The van der Waals surface area contributed by atoms with Gasteiger partial charge in [-0.25, -0.2) is 14.8 Å². The van der Waals surface area contributed by atoms with Crippen molar-refractivity contribution in [2.75, 3.05) is 12.4 Å². The average Bonchev–Trinajstić information content (AvgIpc) is 2.45. The van der Waals surface area contributed by atoms with Gasteiger partial charge < -0.3 is 15.2 Å². The van der Waals surface area contributed by atoms with E-state index in [1.54, 1.807) is 24.3 Å². The van der Waals surface area contributed by atoms with Crippen molar-refractivity contribution in [1.29, 1.82) is 0 Å². The lowest BCUT2D eigenvalue weighted by Crippen LogP contribution is -2.04. The minimum atomic E-state index is -0.939. The first-order chi connectivity index (χ1) is 9.19. The van der Waals surface area contributed by atoms with E-state index in [2.05, 4.69) is 15.3 Å². The third kappa shape index (κ3) is 3.41. The van der Waals surface area contributed by atoms with Crippen molar-refractivity contribution < 1.29 is 14.6 Å². The van der Waals surface area contributed by atoms with E-state index in [9.17, 15) is 4.79 Å². The highest BCUT2D eigenvalue weighted by atomic mass is 16.5. The third-order valence-electron chi connectivity index (χ3n) is 2.50. The second kappa shape index (κ2) is 5.81. The first kappa shape index (κ1) is 12.8. The Balaban J connectivity index is 2.05. The van der Waals surface area contributed by atoms with Crippen LogP contribution < -0.4 is 10.1 Å². The number of methoxy groups -OCH3 is 1. The van der Waals surface area contributed by atoms with Crippen LogP contribution in [0, 0.1) is 0 Å². The summed E-state index contributed by atoms with van der Waals surface area (Å²) in [5.41, 5.74) is 1.12.